The molecule has 0 amide bonds. The third-order valence-corrected chi connectivity index (χ3v) is 9.34. The molecule has 0 fully saturated rings. The number of nitrogens with two attached hydrogens (primary N) is 2. The first-order valence-corrected chi connectivity index (χ1v) is 16.5. The summed E-state index contributed by atoms with van der Waals surface area (Å²) in [5.74, 6) is -2.40. The van der Waals surface area contributed by atoms with Crippen molar-refractivity contribution in [3.05, 3.63) is 35.9 Å². The average Bonchev–Trinajstić information content (AvgIpc) is 2.82. The number of fused-ring (bicyclic) bond motifs is 1. The molecular weight excluding hydrogens is 677 g/mol. The fourth-order valence-corrected chi connectivity index (χ4v) is 6.62. The lowest BCUT2D eigenvalue weighted by Gasteiger charge is -2.15. The van der Waals surface area contributed by atoms with Crippen LogP contribution in [0.3, 0.4) is 0 Å². The van der Waals surface area contributed by atoms with Crippen molar-refractivity contribution in [3.63, 3.8) is 0 Å². The molecule has 0 bridgehead atoms. The number of azo groups is 1. The second-order valence-corrected chi connectivity index (χ2v) is 14.2. The highest BCUT2D eigenvalue weighted by Crippen LogP contribution is 2.46. The zero-order valence-corrected chi connectivity index (χ0v) is 23.8. The Morgan fingerprint density at radius 1 is 0.791 bits per heavy atom. The summed E-state index contributed by atoms with van der Waals surface area (Å²) in [6.45, 7) is -1.23. The quantitative estimate of drug-likeness (QED) is 0.0809. The van der Waals surface area contributed by atoms with Crippen molar-refractivity contribution in [1.29, 1.82) is 0 Å². The monoisotopic (exact) mass is 694 g/mol. The van der Waals surface area contributed by atoms with E-state index in [1.807, 2.05) is 0 Å². The smallest absolute Gasteiger partial charge is 0.417 e. The third-order valence-electron chi connectivity index (χ3n) is 5.39. The number of anilines is 2. The van der Waals surface area contributed by atoms with Crippen molar-refractivity contribution in [2.24, 2.45) is 10.2 Å². The molecule has 0 aliphatic rings. The van der Waals surface area contributed by atoms with E-state index in [9.17, 15) is 61.1 Å². The Labute approximate surface area is 240 Å². The van der Waals surface area contributed by atoms with Crippen molar-refractivity contribution in [3.8, 4) is 5.75 Å². The number of phenols is 1. The van der Waals surface area contributed by atoms with Crippen molar-refractivity contribution in [2.45, 2.75) is 20.9 Å². The van der Waals surface area contributed by atoms with Gasteiger partial charge in [-0.05, 0) is 35.7 Å². The molecule has 0 aliphatic heterocycles. The summed E-state index contributed by atoms with van der Waals surface area (Å²) in [6.07, 6.45) is -5.35. The number of nitrogen functional groups attached to an aromatic ring is 2. The summed E-state index contributed by atoms with van der Waals surface area (Å²) in [4.78, 5) is -3.59. The molecule has 0 aliphatic carbocycles. The Kier molecular flexibility index (Phi) is 8.76. The van der Waals surface area contributed by atoms with Gasteiger partial charge in [0.15, 0.2) is 9.84 Å². The zero-order chi connectivity index (χ0) is 32.9. The van der Waals surface area contributed by atoms with Gasteiger partial charge in [0.25, 0.3) is 20.2 Å². The normalized spacial score (nSPS) is 13.6. The van der Waals surface area contributed by atoms with Crippen LogP contribution >= 0.6 is 0 Å². The highest BCUT2D eigenvalue weighted by Gasteiger charge is 2.37. The standard InChI is InChI=1S/C19H17F3N4O13S4/c20-19(21,22)10-7-9(1-2-11(10)40(28,29)4-3-39-43(36,37)38)25-26-17-13(42(33,34)35)6-8-5-12(41(30,31)32)15(23)18(27)14(8)16(17)24/h1-2,5-7,27H,3-4,23-24H2,(H,30,31,32)(H,33,34,35)(H,36,37,38). The maximum Gasteiger partial charge on any atom is 0.417 e. The predicted molar refractivity (Wildman–Crippen MR) is 139 cm³/mol. The summed E-state index contributed by atoms with van der Waals surface area (Å²) in [5.41, 5.74) is 6.10. The van der Waals surface area contributed by atoms with Crippen LogP contribution in [0.25, 0.3) is 10.8 Å². The molecule has 17 nitrogen and oxygen atoms in total. The van der Waals surface area contributed by atoms with Crippen molar-refractivity contribution in [1.82, 2.24) is 0 Å². The second-order valence-electron chi connectivity index (χ2n) is 8.27. The van der Waals surface area contributed by atoms with Crippen molar-refractivity contribution in [2.75, 3.05) is 23.8 Å². The van der Waals surface area contributed by atoms with E-state index >= 15 is 0 Å². The number of sulfone groups is 1. The minimum Gasteiger partial charge on any atom is -0.505 e. The van der Waals surface area contributed by atoms with Gasteiger partial charge < -0.3 is 16.6 Å². The summed E-state index contributed by atoms with van der Waals surface area (Å²) in [6, 6.07) is 2.39. The van der Waals surface area contributed by atoms with Gasteiger partial charge in [-0.2, -0.15) is 43.5 Å². The summed E-state index contributed by atoms with van der Waals surface area (Å²) in [7, 11) is -20.3. The minimum absolute atomic E-state index is 0.165. The number of hydrogen-bond donors (Lipinski definition) is 6. The molecule has 236 valence electrons. The fraction of sp³-hybridized carbons (Fsp3) is 0.158. The molecule has 0 radical (unpaired) electrons. The van der Waals surface area contributed by atoms with Crippen LogP contribution in [0.15, 0.2) is 55.2 Å². The molecule has 0 saturated heterocycles. The number of halogens is 3. The molecule has 8 N–H and O–H groups in total. The fourth-order valence-electron chi connectivity index (χ4n) is 3.59. The van der Waals surface area contributed by atoms with E-state index in [0.29, 0.717) is 24.3 Å². The molecule has 43 heavy (non-hydrogen) atoms. The van der Waals surface area contributed by atoms with E-state index in [4.69, 9.17) is 16.0 Å². The van der Waals surface area contributed by atoms with E-state index in [1.165, 1.54) is 0 Å². The van der Waals surface area contributed by atoms with Gasteiger partial charge in [-0.15, -0.1) is 5.11 Å². The molecular formula is C19H17F3N4O13S4. The number of rotatable bonds is 9. The van der Waals surface area contributed by atoms with Gasteiger partial charge in [-0.25, -0.2) is 12.6 Å². The molecule has 0 heterocycles. The van der Waals surface area contributed by atoms with Crippen LogP contribution in [0.5, 0.6) is 5.75 Å². The number of alkyl halides is 3. The number of phenolic OH excluding ortho intramolecular Hbond substituents is 1. The maximum absolute atomic E-state index is 13.8. The van der Waals surface area contributed by atoms with Crippen molar-refractivity contribution >= 4 is 74.0 Å². The van der Waals surface area contributed by atoms with Crippen LogP contribution in [0.2, 0.25) is 0 Å². The van der Waals surface area contributed by atoms with E-state index in [1.54, 1.807) is 0 Å². The van der Waals surface area contributed by atoms with Crippen molar-refractivity contribution < 1.29 is 69.8 Å². The van der Waals surface area contributed by atoms with E-state index in [2.05, 4.69) is 14.4 Å². The van der Waals surface area contributed by atoms with Gasteiger partial charge in [-0.1, -0.05) is 0 Å². The van der Waals surface area contributed by atoms with E-state index in [-0.39, 0.29) is 6.07 Å². The van der Waals surface area contributed by atoms with Gasteiger partial charge in [0.2, 0.25) is 0 Å². The zero-order valence-electron chi connectivity index (χ0n) is 20.6. The Bertz CT molecular complexity index is 2120. The molecule has 3 aromatic carbocycles. The number of hydrogen-bond acceptors (Lipinski definition) is 14. The number of nitrogens with zero attached hydrogens (tertiary/aromatic N) is 2. The summed E-state index contributed by atoms with van der Waals surface area (Å²) in [5, 5.41) is 16.2. The molecule has 24 heteroatoms. The first kappa shape index (κ1) is 33.8. The van der Waals surface area contributed by atoms with Crippen LogP contribution in [0, 0.1) is 0 Å². The van der Waals surface area contributed by atoms with Gasteiger partial charge in [-0.3, -0.25) is 13.7 Å². The molecule has 0 spiro atoms. The number of aromatic hydroxyl groups is 1. The molecule has 3 aromatic rings. The SMILES string of the molecule is Nc1c(S(=O)(=O)O)cc2cc(S(=O)(=O)O)c(N=Nc3ccc(S(=O)(=O)CCOS(=O)(=O)O)c(C(F)(F)F)c3)c(N)c2c1O. The highest BCUT2D eigenvalue weighted by molar-refractivity contribution is 7.91. The van der Waals surface area contributed by atoms with Crippen LogP contribution in [-0.2, 0) is 50.8 Å². The maximum atomic E-state index is 13.8. The Morgan fingerprint density at radius 3 is 1.86 bits per heavy atom. The lowest BCUT2D eigenvalue weighted by atomic mass is 10.1. The lowest BCUT2D eigenvalue weighted by molar-refractivity contribution is -0.139. The molecule has 0 aromatic heterocycles. The van der Waals surface area contributed by atoms with Crippen LogP contribution < -0.4 is 11.5 Å². The van der Waals surface area contributed by atoms with Gasteiger partial charge >= 0.3 is 16.6 Å². The van der Waals surface area contributed by atoms with Crippen LogP contribution in [0.4, 0.5) is 35.9 Å². The molecule has 0 saturated carbocycles. The average molecular weight is 695 g/mol. The topological polar surface area (TPSA) is 303 Å². The first-order chi connectivity index (χ1) is 19.3. The van der Waals surface area contributed by atoms with Crippen LogP contribution in [0.1, 0.15) is 5.56 Å². The highest BCUT2D eigenvalue weighted by atomic mass is 32.3. The number of benzene rings is 3. The molecule has 0 unspecified atom stereocenters. The van der Waals surface area contributed by atoms with E-state index < -0.39 is 119 Å². The Balaban J connectivity index is 2.22. The Hall–Kier alpha value is -3.65. The minimum atomic E-state index is -5.35. The largest absolute Gasteiger partial charge is 0.505 e. The van der Waals surface area contributed by atoms with Gasteiger partial charge in [0.1, 0.15) is 21.2 Å². The predicted octanol–water partition coefficient (Wildman–Crippen LogP) is 2.23. The van der Waals surface area contributed by atoms with Crippen LogP contribution in [-0.4, -0.2) is 64.8 Å². The summed E-state index contributed by atoms with van der Waals surface area (Å²) < 4.78 is 166. The molecule has 0 atom stereocenters. The van der Waals surface area contributed by atoms with E-state index in [0.717, 1.165) is 0 Å². The lowest BCUT2D eigenvalue weighted by Crippen LogP contribution is -2.19. The third kappa shape index (κ3) is 7.47. The molecule has 3 rings (SSSR count). The first-order valence-electron chi connectivity index (χ1n) is 10.6. The summed E-state index contributed by atoms with van der Waals surface area (Å²) >= 11 is 0. The van der Waals surface area contributed by atoms with Gasteiger partial charge in [0, 0.05) is 0 Å². The van der Waals surface area contributed by atoms with Gasteiger partial charge in [0.05, 0.1) is 45.3 Å². The second kappa shape index (κ2) is 11.1. The Morgan fingerprint density at radius 2 is 1.35 bits per heavy atom.